The molecule has 2 aliphatic heterocycles. The summed E-state index contributed by atoms with van der Waals surface area (Å²) in [5.74, 6) is 0.490. The van der Waals surface area contributed by atoms with Crippen LogP contribution in [0.2, 0.25) is 0 Å². The van der Waals surface area contributed by atoms with Crippen LogP contribution in [0.25, 0.3) is 11.0 Å². The topological polar surface area (TPSA) is 122 Å². The molecule has 2 fully saturated rings. The van der Waals surface area contributed by atoms with Gasteiger partial charge >= 0.3 is 17.9 Å². The number of carbonyl (C=O) groups is 3. The van der Waals surface area contributed by atoms with Crippen LogP contribution in [0.3, 0.4) is 0 Å². The van der Waals surface area contributed by atoms with E-state index in [9.17, 15) is 14.4 Å². The van der Waals surface area contributed by atoms with Crippen LogP contribution >= 0.6 is 0 Å². The first-order valence-electron chi connectivity index (χ1n) is 16.3. The molecule has 2 aromatic heterocycles. The molecule has 1 saturated carbocycles. The van der Waals surface area contributed by atoms with Gasteiger partial charge in [0.2, 0.25) is 0 Å². The van der Waals surface area contributed by atoms with Gasteiger partial charge in [-0.2, -0.15) is 0 Å². The molecule has 3 aliphatic rings. The summed E-state index contributed by atoms with van der Waals surface area (Å²) >= 11 is 0. The lowest BCUT2D eigenvalue weighted by molar-refractivity contribution is -0.146. The molecule has 3 aromatic rings. The van der Waals surface area contributed by atoms with Crippen LogP contribution in [0, 0.1) is 5.92 Å². The van der Waals surface area contributed by atoms with E-state index in [1.54, 1.807) is 31.7 Å². The van der Waals surface area contributed by atoms with Gasteiger partial charge in [0.1, 0.15) is 17.2 Å². The predicted octanol–water partition coefficient (Wildman–Crippen LogP) is 5.30. The maximum atomic E-state index is 13.7. The van der Waals surface area contributed by atoms with Crippen LogP contribution in [0.4, 0.5) is 16.3 Å². The number of benzene rings is 1. The minimum Gasteiger partial charge on any atom is -0.444 e. The van der Waals surface area contributed by atoms with Crippen LogP contribution < -0.4 is 10.6 Å². The highest BCUT2D eigenvalue weighted by atomic mass is 16.6. The number of hydrogen-bond acceptors (Lipinski definition) is 7. The molecular formula is C34H45N7O4. The van der Waals surface area contributed by atoms with Crippen molar-refractivity contribution >= 4 is 40.4 Å². The summed E-state index contributed by atoms with van der Waals surface area (Å²) in [4.78, 5) is 53.0. The third-order valence-corrected chi connectivity index (χ3v) is 9.03. The molecule has 0 radical (unpaired) electrons. The molecule has 4 heterocycles. The number of amides is 3. The summed E-state index contributed by atoms with van der Waals surface area (Å²) in [5.41, 5.74) is 3.56. The van der Waals surface area contributed by atoms with Gasteiger partial charge in [0.15, 0.2) is 0 Å². The minimum absolute atomic E-state index is 0.208. The number of anilines is 2. The molecule has 0 unspecified atom stereocenters. The van der Waals surface area contributed by atoms with Crippen molar-refractivity contribution in [3.05, 3.63) is 47.4 Å². The number of ether oxygens (including phenoxy) is 1. The van der Waals surface area contributed by atoms with Crippen molar-refractivity contribution in [2.45, 2.75) is 97.4 Å². The fourth-order valence-electron chi connectivity index (χ4n) is 6.63. The van der Waals surface area contributed by atoms with E-state index in [1.807, 2.05) is 6.92 Å². The Labute approximate surface area is 264 Å². The molecular weight excluding hydrogens is 570 g/mol. The molecule has 1 aromatic carbocycles. The van der Waals surface area contributed by atoms with Gasteiger partial charge in [-0.15, -0.1) is 0 Å². The Hall–Kier alpha value is -3.99. The number of rotatable bonds is 5. The minimum atomic E-state index is -0.708. The maximum Gasteiger partial charge on any atom is 0.413 e. The fraction of sp³-hybridized carbons (Fsp3) is 0.559. The number of nitrogens with zero attached hydrogens (tertiary/aromatic N) is 5. The number of fused-ring (bicyclic) bond motifs is 3. The lowest BCUT2D eigenvalue weighted by atomic mass is 9.89. The zero-order chi connectivity index (χ0) is 31.9. The molecule has 0 bridgehead atoms. The standard InChI is InChI=1S/C34H45N7O4/c1-6-22-17-24(19-35-30(22)38-33(44)45-34(3,4)5)36-31(42)32(43)41-20-21(2)7-11-27(41)23-8-12-28-26(18-23)37-29-13-14-39(25-9-10-25)15-16-40(28)29/h8,12,17-19,21,25,27H,6-7,9-11,13-16,20H2,1-5H3,(H,36,42)(H,35,38,44)/t21-,27+/m0/s1. The van der Waals surface area contributed by atoms with Crippen molar-refractivity contribution < 1.29 is 19.1 Å². The number of pyridine rings is 1. The summed E-state index contributed by atoms with van der Waals surface area (Å²) in [6.07, 6.45) is 6.72. The number of likely N-dealkylation sites (tertiary alicyclic amines) is 1. The summed E-state index contributed by atoms with van der Waals surface area (Å²) in [6.45, 7) is 13.0. The fourth-order valence-corrected chi connectivity index (χ4v) is 6.63. The number of imidazole rings is 1. The first kappa shape index (κ1) is 31.0. The van der Waals surface area contributed by atoms with Crippen molar-refractivity contribution in [3.8, 4) is 0 Å². The molecule has 45 heavy (non-hydrogen) atoms. The van der Waals surface area contributed by atoms with Crippen molar-refractivity contribution in [1.29, 1.82) is 0 Å². The third-order valence-electron chi connectivity index (χ3n) is 9.03. The van der Waals surface area contributed by atoms with E-state index in [4.69, 9.17) is 9.72 Å². The molecule has 0 spiro atoms. The second-order valence-corrected chi connectivity index (χ2v) is 13.8. The SMILES string of the molecule is CCc1cc(NC(=O)C(=O)N2C[C@@H](C)CC[C@@H]2c2ccc3c(c2)nc2n3CCN(C3CC3)CC2)cnc1NC(=O)OC(C)(C)C. The zero-order valence-electron chi connectivity index (χ0n) is 27.1. The van der Waals surface area contributed by atoms with E-state index < -0.39 is 23.5 Å². The molecule has 6 rings (SSSR count). The first-order valence-corrected chi connectivity index (χ1v) is 16.3. The monoisotopic (exact) mass is 615 g/mol. The largest absolute Gasteiger partial charge is 0.444 e. The number of nitrogens with one attached hydrogen (secondary N) is 2. The Balaban J connectivity index is 1.16. The second-order valence-electron chi connectivity index (χ2n) is 13.8. The average molecular weight is 616 g/mol. The van der Waals surface area contributed by atoms with Gasteiger partial charge in [0.05, 0.1) is 29.0 Å². The van der Waals surface area contributed by atoms with E-state index in [0.29, 0.717) is 30.0 Å². The van der Waals surface area contributed by atoms with E-state index in [2.05, 4.69) is 50.2 Å². The molecule has 240 valence electrons. The number of carbonyl (C=O) groups excluding carboxylic acids is 3. The van der Waals surface area contributed by atoms with E-state index in [0.717, 1.165) is 67.4 Å². The van der Waals surface area contributed by atoms with Gasteiger partial charge < -0.3 is 19.5 Å². The molecule has 11 heteroatoms. The van der Waals surface area contributed by atoms with Crippen LogP contribution in [-0.2, 0) is 33.7 Å². The molecule has 3 amide bonds. The quantitative estimate of drug-likeness (QED) is 0.374. The van der Waals surface area contributed by atoms with Gasteiger partial charge in [-0.1, -0.05) is 19.9 Å². The highest BCUT2D eigenvalue weighted by molar-refractivity contribution is 6.39. The summed E-state index contributed by atoms with van der Waals surface area (Å²) in [6, 6.07) is 8.63. The van der Waals surface area contributed by atoms with Crippen LogP contribution in [0.1, 0.15) is 83.3 Å². The maximum absolute atomic E-state index is 13.7. The van der Waals surface area contributed by atoms with Crippen LogP contribution in [0.15, 0.2) is 30.5 Å². The number of hydrogen-bond donors (Lipinski definition) is 2. The van der Waals surface area contributed by atoms with Gasteiger partial charge in [-0.25, -0.2) is 14.8 Å². The molecule has 11 nitrogen and oxygen atoms in total. The van der Waals surface area contributed by atoms with Crippen molar-refractivity contribution in [2.75, 3.05) is 30.3 Å². The summed E-state index contributed by atoms with van der Waals surface area (Å²) in [7, 11) is 0. The predicted molar refractivity (Wildman–Crippen MR) is 173 cm³/mol. The Bertz CT molecular complexity index is 1610. The Morgan fingerprint density at radius 2 is 1.82 bits per heavy atom. The van der Waals surface area contributed by atoms with Gasteiger partial charge in [0, 0.05) is 38.6 Å². The highest BCUT2D eigenvalue weighted by Gasteiger charge is 2.35. The molecule has 1 aliphatic carbocycles. The normalized spacial score (nSPS) is 20.8. The number of aromatic nitrogens is 3. The lowest BCUT2D eigenvalue weighted by Gasteiger charge is -2.38. The van der Waals surface area contributed by atoms with Gasteiger partial charge in [-0.05, 0) is 88.1 Å². The first-order chi connectivity index (χ1) is 21.5. The van der Waals surface area contributed by atoms with E-state index >= 15 is 0 Å². The summed E-state index contributed by atoms with van der Waals surface area (Å²) < 4.78 is 7.69. The summed E-state index contributed by atoms with van der Waals surface area (Å²) in [5, 5.41) is 5.42. The van der Waals surface area contributed by atoms with E-state index in [-0.39, 0.29) is 12.0 Å². The van der Waals surface area contributed by atoms with Crippen LogP contribution in [0.5, 0.6) is 0 Å². The Morgan fingerprint density at radius 1 is 1.02 bits per heavy atom. The van der Waals surface area contributed by atoms with E-state index in [1.165, 1.54) is 19.0 Å². The third kappa shape index (κ3) is 6.98. The molecule has 2 atom stereocenters. The second kappa shape index (κ2) is 12.4. The highest BCUT2D eigenvalue weighted by Crippen LogP contribution is 2.36. The Morgan fingerprint density at radius 3 is 2.56 bits per heavy atom. The van der Waals surface area contributed by atoms with Crippen molar-refractivity contribution in [3.63, 3.8) is 0 Å². The smallest absolute Gasteiger partial charge is 0.413 e. The molecule has 2 N–H and O–H groups in total. The lowest BCUT2D eigenvalue weighted by Crippen LogP contribution is -2.46. The van der Waals surface area contributed by atoms with Crippen molar-refractivity contribution in [1.82, 2.24) is 24.3 Å². The number of piperidine rings is 1. The van der Waals surface area contributed by atoms with Gasteiger partial charge in [0.25, 0.3) is 0 Å². The molecule has 1 saturated heterocycles. The number of aryl methyl sites for hydroxylation is 1. The average Bonchev–Trinajstić information content (AvgIpc) is 3.80. The van der Waals surface area contributed by atoms with Crippen molar-refractivity contribution in [2.24, 2.45) is 5.92 Å². The Kier molecular flexibility index (Phi) is 8.56. The zero-order valence-corrected chi connectivity index (χ0v) is 27.1. The van der Waals surface area contributed by atoms with Gasteiger partial charge in [-0.3, -0.25) is 19.8 Å². The van der Waals surface area contributed by atoms with Crippen LogP contribution in [-0.4, -0.2) is 73.5 Å².